The number of unbranched alkanes of at least 4 members (excludes halogenated alkanes) is 1. The van der Waals surface area contributed by atoms with E-state index in [2.05, 4.69) is 38.0 Å². The molecule has 0 bridgehead atoms. The maximum Gasteiger partial charge on any atom is 0.00269 e. The lowest BCUT2D eigenvalue weighted by atomic mass is 9.73. The van der Waals surface area contributed by atoms with Crippen molar-refractivity contribution in [3.05, 3.63) is 0 Å². The number of nitrogens with zero attached hydrogens (tertiary/aromatic N) is 1. The molecule has 1 saturated heterocycles. The van der Waals surface area contributed by atoms with E-state index in [4.69, 9.17) is 0 Å². The molecule has 15 heavy (non-hydrogen) atoms. The van der Waals surface area contributed by atoms with Crippen LogP contribution in [0.5, 0.6) is 0 Å². The summed E-state index contributed by atoms with van der Waals surface area (Å²) in [5.74, 6) is 0.813. The van der Waals surface area contributed by atoms with Crippen LogP contribution in [0, 0.1) is 11.3 Å². The van der Waals surface area contributed by atoms with Gasteiger partial charge < -0.3 is 10.2 Å². The van der Waals surface area contributed by atoms with Gasteiger partial charge in [-0.05, 0) is 50.9 Å². The molecule has 1 heterocycles. The molecule has 1 fully saturated rings. The normalized spacial score (nSPS) is 26.8. The van der Waals surface area contributed by atoms with E-state index >= 15 is 0 Å². The van der Waals surface area contributed by atoms with Gasteiger partial charge in [0.15, 0.2) is 0 Å². The van der Waals surface area contributed by atoms with Crippen molar-refractivity contribution in [1.29, 1.82) is 0 Å². The third-order valence-electron chi connectivity index (χ3n) is 3.93. The molecule has 0 aromatic heterocycles. The Hall–Kier alpha value is -0.0800. The second-order valence-electron chi connectivity index (χ2n) is 5.65. The minimum absolute atomic E-state index is 0.520. The molecular formula is C13H28N2. The van der Waals surface area contributed by atoms with Crippen LogP contribution in [-0.4, -0.2) is 38.1 Å². The molecule has 0 aromatic carbocycles. The molecule has 0 amide bonds. The van der Waals surface area contributed by atoms with Gasteiger partial charge in [-0.25, -0.2) is 0 Å². The molecule has 2 nitrogen and oxygen atoms in total. The summed E-state index contributed by atoms with van der Waals surface area (Å²) in [5.41, 5.74) is 0.520. The summed E-state index contributed by atoms with van der Waals surface area (Å²) in [7, 11) is 2.07. The van der Waals surface area contributed by atoms with Gasteiger partial charge in [-0.2, -0.15) is 0 Å². The fraction of sp³-hybridized carbons (Fsp3) is 1.00. The minimum atomic E-state index is 0.520. The smallest absolute Gasteiger partial charge is 0.00269 e. The Labute approximate surface area is 95.4 Å². The highest BCUT2D eigenvalue weighted by molar-refractivity contribution is 4.87. The number of hydrogen-bond acceptors (Lipinski definition) is 2. The first kappa shape index (κ1) is 13.0. The second-order valence-corrected chi connectivity index (χ2v) is 5.65. The maximum absolute atomic E-state index is 3.34. The summed E-state index contributed by atoms with van der Waals surface area (Å²) in [6.45, 7) is 12.2. The fourth-order valence-corrected chi connectivity index (χ4v) is 2.47. The Balaban J connectivity index is 2.43. The third-order valence-corrected chi connectivity index (χ3v) is 3.93. The van der Waals surface area contributed by atoms with Gasteiger partial charge >= 0.3 is 0 Å². The Bertz CT molecular complexity index is 177. The molecule has 1 atom stereocenters. The fourth-order valence-electron chi connectivity index (χ4n) is 2.47. The lowest BCUT2D eigenvalue weighted by Crippen LogP contribution is -2.48. The topological polar surface area (TPSA) is 15.3 Å². The quantitative estimate of drug-likeness (QED) is 0.752. The first-order valence-electron chi connectivity index (χ1n) is 6.47. The molecule has 1 unspecified atom stereocenters. The molecule has 1 N–H and O–H groups in total. The second kappa shape index (κ2) is 5.86. The van der Waals surface area contributed by atoms with Gasteiger partial charge in [-0.15, -0.1) is 0 Å². The van der Waals surface area contributed by atoms with Crippen LogP contribution < -0.4 is 5.32 Å². The van der Waals surface area contributed by atoms with E-state index in [-0.39, 0.29) is 0 Å². The van der Waals surface area contributed by atoms with E-state index < -0.39 is 0 Å². The lowest BCUT2D eigenvalue weighted by Gasteiger charge is -2.44. The van der Waals surface area contributed by atoms with Crippen molar-refractivity contribution in [3.63, 3.8) is 0 Å². The zero-order valence-corrected chi connectivity index (χ0v) is 11.0. The van der Waals surface area contributed by atoms with Crippen LogP contribution in [0.2, 0.25) is 0 Å². The average molecular weight is 212 g/mol. The van der Waals surface area contributed by atoms with Crippen molar-refractivity contribution in [2.45, 2.75) is 40.0 Å². The first-order chi connectivity index (χ1) is 7.10. The van der Waals surface area contributed by atoms with Crippen LogP contribution >= 0.6 is 0 Å². The van der Waals surface area contributed by atoms with Gasteiger partial charge in [-0.3, -0.25) is 0 Å². The Kier molecular flexibility index (Phi) is 5.07. The summed E-state index contributed by atoms with van der Waals surface area (Å²) in [6.07, 6.45) is 4.02. The van der Waals surface area contributed by atoms with Crippen LogP contribution in [0.3, 0.4) is 0 Å². The summed E-state index contributed by atoms with van der Waals surface area (Å²) >= 11 is 0. The van der Waals surface area contributed by atoms with Crippen molar-refractivity contribution in [2.75, 3.05) is 33.2 Å². The predicted molar refractivity (Wildman–Crippen MR) is 67.2 cm³/mol. The molecule has 0 saturated carbocycles. The van der Waals surface area contributed by atoms with E-state index in [9.17, 15) is 0 Å². The molecule has 1 rings (SSSR count). The van der Waals surface area contributed by atoms with Gasteiger partial charge in [0.25, 0.3) is 0 Å². The van der Waals surface area contributed by atoms with Crippen LogP contribution in [0.4, 0.5) is 0 Å². The van der Waals surface area contributed by atoms with Crippen molar-refractivity contribution in [2.24, 2.45) is 11.3 Å². The summed E-state index contributed by atoms with van der Waals surface area (Å²) in [4.78, 5) is 2.65. The third kappa shape index (κ3) is 3.76. The lowest BCUT2D eigenvalue weighted by molar-refractivity contribution is 0.0604. The zero-order valence-electron chi connectivity index (χ0n) is 11.0. The minimum Gasteiger partial charge on any atom is -0.319 e. The molecule has 0 aliphatic carbocycles. The largest absolute Gasteiger partial charge is 0.319 e. The van der Waals surface area contributed by atoms with Crippen molar-refractivity contribution in [1.82, 2.24) is 10.2 Å². The van der Waals surface area contributed by atoms with Crippen LogP contribution in [-0.2, 0) is 0 Å². The van der Waals surface area contributed by atoms with Gasteiger partial charge in [0.2, 0.25) is 0 Å². The van der Waals surface area contributed by atoms with Gasteiger partial charge in [0.1, 0.15) is 0 Å². The number of hydrogen-bond donors (Lipinski definition) is 1. The van der Waals surface area contributed by atoms with Crippen molar-refractivity contribution >= 4 is 0 Å². The maximum atomic E-state index is 3.34. The van der Waals surface area contributed by atoms with Crippen LogP contribution in [0.25, 0.3) is 0 Å². The van der Waals surface area contributed by atoms with Gasteiger partial charge in [0, 0.05) is 6.54 Å². The summed E-state index contributed by atoms with van der Waals surface area (Å²) in [6, 6.07) is 0. The van der Waals surface area contributed by atoms with E-state index in [0.29, 0.717) is 5.41 Å². The van der Waals surface area contributed by atoms with Crippen molar-refractivity contribution in [3.8, 4) is 0 Å². The van der Waals surface area contributed by atoms with E-state index in [1.54, 1.807) is 0 Å². The standard InChI is InChI=1S/C13H28N2/c1-5-6-8-15-9-7-13(2,3)12(11-15)10-14-4/h12,14H,5-11H2,1-4H3. The molecule has 0 radical (unpaired) electrons. The average Bonchev–Trinajstić information content (AvgIpc) is 2.19. The monoisotopic (exact) mass is 212 g/mol. The Morgan fingerprint density at radius 2 is 2.13 bits per heavy atom. The highest BCUT2D eigenvalue weighted by Crippen LogP contribution is 2.35. The molecule has 0 aromatic rings. The molecule has 2 heteroatoms. The van der Waals surface area contributed by atoms with Crippen molar-refractivity contribution < 1.29 is 0 Å². The zero-order chi connectivity index (χ0) is 11.3. The SMILES string of the molecule is CCCCN1CCC(C)(C)C(CNC)C1. The van der Waals surface area contributed by atoms with E-state index in [1.807, 2.05) is 0 Å². The van der Waals surface area contributed by atoms with Gasteiger partial charge in [0.05, 0.1) is 0 Å². The molecule has 0 spiro atoms. The van der Waals surface area contributed by atoms with Crippen LogP contribution in [0.15, 0.2) is 0 Å². The first-order valence-corrected chi connectivity index (χ1v) is 6.47. The van der Waals surface area contributed by atoms with E-state index in [1.165, 1.54) is 38.9 Å². The predicted octanol–water partition coefficient (Wildman–Crippen LogP) is 2.35. The Morgan fingerprint density at radius 3 is 2.73 bits per heavy atom. The number of likely N-dealkylation sites (tertiary alicyclic amines) is 1. The summed E-state index contributed by atoms with van der Waals surface area (Å²) in [5, 5.41) is 3.34. The van der Waals surface area contributed by atoms with Crippen LogP contribution in [0.1, 0.15) is 40.0 Å². The molecule has 90 valence electrons. The number of piperidine rings is 1. The number of nitrogens with one attached hydrogen (secondary N) is 1. The number of rotatable bonds is 5. The highest BCUT2D eigenvalue weighted by atomic mass is 15.1. The van der Waals surface area contributed by atoms with Gasteiger partial charge in [-0.1, -0.05) is 27.2 Å². The highest BCUT2D eigenvalue weighted by Gasteiger charge is 2.34. The molecular weight excluding hydrogens is 184 g/mol. The van der Waals surface area contributed by atoms with E-state index in [0.717, 1.165) is 12.5 Å². The summed E-state index contributed by atoms with van der Waals surface area (Å²) < 4.78 is 0. The molecule has 1 aliphatic heterocycles. The molecule has 1 aliphatic rings. The Morgan fingerprint density at radius 1 is 1.40 bits per heavy atom.